The molecule has 2 saturated heterocycles. The number of nitrogens with zero attached hydrogens (tertiary/aromatic N) is 3. The number of hydrogen-bond donors (Lipinski definition) is 3. The number of benzene rings is 1. The zero-order chi connectivity index (χ0) is 22.9. The van der Waals surface area contributed by atoms with Gasteiger partial charge in [0.2, 0.25) is 5.91 Å². The predicted molar refractivity (Wildman–Crippen MR) is 147 cm³/mol. The molecule has 1 amide bonds. The van der Waals surface area contributed by atoms with E-state index in [2.05, 4.69) is 65.5 Å². The van der Waals surface area contributed by atoms with E-state index in [1.54, 1.807) is 0 Å². The van der Waals surface area contributed by atoms with Gasteiger partial charge in [0.25, 0.3) is 0 Å². The van der Waals surface area contributed by atoms with Gasteiger partial charge in [0.05, 0.1) is 12.5 Å². The molecule has 0 radical (unpaired) electrons. The van der Waals surface area contributed by atoms with Crippen LogP contribution in [0.2, 0.25) is 0 Å². The number of halogens is 1. The lowest BCUT2D eigenvalue weighted by Crippen LogP contribution is -2.49. The summed E-state index contributed by atoms with van der Waals surface area (Å²) in [5, 5.41) is 7.05. The molecule has 7 nitrogen and oxygen atoms in total. The van der Waals surface area contributed by atoms with Crippen LogP contribution in [0, 0.1) is 5.92 Å². The molecule has 0 spiro atoms. The lowest BCUT2D eigenvalue weighted by Gasteiger charge is -2.35. The molecule has 33 heavy (non-hydrogen) atoms. The third-order valence-corrected chi connectivity index (χ3v) is 6.67. The van der Waals surface area contributed by atoms with E-state index < -0.39 is 0 Å². The summed E-state index contributed by atoms with van der Waals surface area (Å²) in [4.78, 5) is 21.3. The summed E-state index contributed by atoms with van der Waals surface area (Å²) >= 11 is 0. The maximum absolute atomic E-state index is 11.6. The Morgan fingerprint density at radius 3 is 2.58 bits per heavy atom. The molecule has 1 aromatic rings. The molecule has 0 aromatic heterocycles. The second-order valence-corrected chi connectivity index (χ2v) is 9.54. The average molecular weight is 571 g/mol. The van der Waals surface area contributed by atoms with Crippen LogP contribution < -0.4 is 16.4 Å². The van der Waals surface area contributed by atoms with Gasteiger partial charge in [0.1, 0.15) is 0 Å². The summed E-state index contributed by atoms with van der Waals surface area (Å²) in [7, 11) is 0. The van der Waals surface area contributed by atoms with Gasteiger partial charge in [0.15, 0.2) is 5.96 Å². The maximum atomic E-state index is 11.6. The number of amides is 1. The fourth-order valence-electron chi connectivity index (χ4n) is 4.76. The van der Waals surface area contributed by atoms with Crippen molar-refractivity contribution >= 4 is 35.8 Å². The van der Waals surface area contributed by atoms with Crippen molar-refractivity contribution in [2.24, 2.45) is 16.6 Å². The second-order valence-electron chi connectivity index (χ2n) is 9.54. The number of carbonyl (C=O) groups excluding carboxylic acids is 1. The first-order valence-electron chi connectivity index (χ1n) is 12.3. The Kier molecular flexibility index (Phi) is 11.9. The molecule has 1 aromatic carbocycles. The predicted octanol–water partition coefficient (Wildman–Crippen LogP) is 2.93. The number of aliphatic imine (C=N–C) groups is 1. The molecule has 1 unspecified atom stereocenters. The number of rotatable bonds is 8. The van der Waals surface area contributed by atoms with E-state index in [0.717, 1.165) is 70.9 Å². The van der Waals surface area contributed by atoms with Crippen molar-refractivity contribution in [2.75, 3.05) is 32.7 Å². The normalized spacial score (nSPS) is 21.0. The lowest BCUT2D eigenvalue weighted by atomic mass is 9.97. The molecule has 0 saturated carbocycles. The molecule has 1 atom stereocenters. The Morgan fingerprint density at radius 2 is 1.91 bits per heavy atom. The highest BCUT2D eigenvalue weighted by Gasteiger charge is 2.24. The van der Waals surface area contributed by atoms with Crippen LogP contribution in [0.15, 0.2) is 29.3 Å². The van der Waals surface area contributed by atoms with Crippen LogP contribution in [0.3, 0.4) is 0 Å². The Morgan fingerprint density at radius 1 is 1.18 bits per heavy atom. The van der Waals surface area contributed by atoms with Crippen LogP contribution in [0.5, 0.6) is 0 Å². The minimum absolute atomic E-state index is 0. The summed E-state index contributed by atoms with van der Waals surface area (Å²) in [6, 6.07) is 9.75. The van der Waals surface area contributed by atoms with Crippen LogP contribution in [0.4, 0.5) is 0 Å². The van der Waals surface area contributed by atoms with Gasteiger partial charge in [-0.3, -0.25) is 9.69 Å². The molecule has 2 heterocycles. The van der Waals surface area contributed by atoms with E-state index in [-0.39, 0.29) is 35.8 Å². The standard InChI is InChI=1S/C25H42N6O.HI/c1-4-27-25(29-23-10-13-31(14-11-23)19(2)3)28-16-20-7-5-8-21(15-20)17-30-12-6-9-22(18-30)24(26)32;/h5,7-8,15,19,22-23H,4,6,9-14,16-18H2,1-3H3,(H2,26,32)(H2,27,28,29);1H. The summed E-state index contributed by atoms with van der Waals surface area (Å²) < 4.78 is 0. The number of nitrogens with two attached hydrogens (primary N) is 1. The highest BCUT2D eigenvalue weighted by molar-refractivity contribution is 14.0. The first-order valence-corrected chi connectivity index (χ1v) is 12.3. The van der Waals surface area contributed by atoms with Gasteiger partial charge in [-0.05, 0) is 64.1 Å². The number of nitrogens with one attached hydrogen (secondary N) is 2. The van der Waals surface area contributed by atoms with Gasteiger partial charge in [-0.25, -0.2) is 4.99 Å². The van der Waals surface area contributed by atoms with E-state index in [1.807, 2.05) is 0 Å². The molecule has 8 heteroatoms. The van der Waals surface area contributed by atoms with Crippen molar-refractivity contribution in [2.45, 2.75) is 71.6 Å². The highest BCUT2D eigenvalue weighted by atomic mass is 127. The Bertz CT molecular complexity index is 763. The van der Waals surface area contributed by atoms with E-state index in [1.165, 1.54) is 11.1 Å². The van der Waals surface area contributed by atoms with Crippen molar-refractivity contribution in [1.82, 2.24) is 20.4 Å². The number of guanidine groups is 1. The first-order chi connectivity index (χ1) is 15.4. The fraction of sp³-hybridized carbons (Fsp3) is 0.680. The van der Waals surface area contributed by atoms with E-state index in [9.17, 15) is 4.79 Å². The van der Waals surface area contributed by atoms with Crippen LogP contribution in [-0.4, -0.2) is 66.5 Å². The third kappa shape index (κ3) is 9.05. The smallest absolute Gasteiger partial charge is 0.221 e. The summed E-state index contributed by atoms with van der Waals surface area (Å²) in [5.74, 6) is 0.718. The monoisotopic (exact) mass is 570 g/mol. The largest absolute Gasteiger partial charge is 0.369 e. The first kappa shape index (κ1) is 27.9. The van der Waals surface area contributed by atoms with Gasteiger partial charge in [-0.2, -0.15) is 0 Å². The summed E-state index contributed by atoms with van der Waals surface area (Å²) in [6.07, 6.45) is 4.25. The number of likely N-dealkylation sites (tertiary alicyclic amines) is 2. The lowest BCUT2D eigenvalue weighted by molar-refractivity contribution is -0.123. The molecule has 2 aliphatic heterocycles. The number of primary amides is 1. The molecule has 3 rings (SSSR count). The van der Waals surface area contributed by atoms with Crippen molar-refractivity contribution in [3.8, 4) is 0 Å². The molecule has 4 N–H and O–H groups in total. The van der Waals surface area contributed by atoms with Gasteiger partial charge in [-0.1, -0.05) is 24.3 Å². The van der Waals surface area contributed by atoms with Gasteiger partial charge < -0.3 is 21.3 Å². The van der Waals surface area contributed by atoms with Gasteiger partial charge >= 0.3 is 0 Å². The minimum Gasteiger partial charge on any atom is -0.369 e. The van der Waals surface area contributed by atoms with Gasteiger partial charge in [0, 0.05) is 44.8 Å². The fourth-order valence-corrected chi connectivity index (χ4v) is 4.76. The molecule has 0 aliphatic carbocycles. The van der Waals surface area contributed by atoms with Crippen molar-refractivity contribution in [1.29, 1.82) is 0 Å². The third-order valence-electron chi connectivity index (χ3n) is 6.67. The van der Waals surface area contributed by atoms with Crippen LogP contribution >= 0.6 is 24.0 Å². The van der Waals surface area contributed by atoms with E-state index in [4.69, 9.17) is 10.7 Å². The molecular weight excluding hydrogens is 527 g/mol. The summed E-state index contributed by atoms with van der Waals surface area (Å²) in [5.41, 5.74) is 8.00. The molecule has 2 fully saturated rings. The van der Waals surface area contributed by atoms with Crippen LogP contribution in [-0.2, 0) is 17.9 Å². The molecule has 0 bridgehead atoms. The molecular formula is C25H43IN6O. The number of hydrogen-bond acceptors (Lipinski definition) is 4. The topological polar surface area (TPSA) is 86.0 Å². The van der Waals surface area contributed by atoms with E-state index in [0.29, 0.717) is 18.6 Å². The van der Waals surface area contributed by atoms with E-state index >= 15 is 0 Å². The maximum Gasteiger partial charge on any atom is 0.221 e. The average Bonchev–Trinajstić information content (AvgIpc) is 2.78. The molecule has 186 valence electrons. The quantitative estimate of drug-likeness (QED) is 0.254. The van der Waals surface area contributed by atoms with Crippen molar-refractivity contribution in [3.05, 3.63) is 35.4 Å². The molecule has 2 aliphatic rings. The van der Waals surface area contributed by atoms with Crippen LogP contribution in [0.25, 0.3) is 0 Å². The van der Waals surface area contributed by atoms with Gasteiger partial charge in [-0.15, -0.1) is 24.0 Å². The summed E-state index contributed by atoms with van der Waals surface area (Å²) in [6.45, 7) is 13.1. The Labute approximate surface area is 217 Å². The number of piperidine rings is 2. The van der Waals surface area contributed by atoms with Crippen molar-refractivity contribution < 1.29 is 4.79 Å². The minimum atomic E-state index is -0.170. The SMILES string of the molecule is CCNC(=NCc1cccc(CN2CCCC(C(N)=O)C2)c1)NC1CCN(C(C)C)CC1.I. The Hall–Kier alpha value is -1.39. The number of carbonyl (C=O) groups is 1. The zero-order valence-electron chi connectivity index (χ0n) is 20.6. The Balaban J connectivity index is 0.00000385. The van der Waals surface area contributed by atoms with Crippen LogP contribution in [0.1, 0.15) is 57.6 Å². The highest BCUT2D eigenvalue weighted by Crippen LogP contribution is 2.19. The zero-order valence-corrected chi connectivity index (χ0v) is 22.9. The second kappa shape index (κ2) is 14.1. The van der Waals surface area contributed by atoms with Crippen molar-refractivity contribution in [3.63, 3.8) is 0 Å².